The van der Waals surface area contributed by atoms with Gasteiger partial charge in [0.1, 0.15) is 0 Å². The molecule has 116 valence electrons. The maximum absolute atomic E-state index is 11.8. The SMILES string of the molecule is Cl.N[C@@H](Cc1ccccc1)C(=O)NCCNC(=O)C1CC1. The molecule has 1 saturated carbocycles. The lowest BCUT2D eigenvalue weighted by Gasteiger charge is -2.12. The normalized spacial score (nSPS) is 14.7. The zero-order valence-electron chi connectivity index (χ0n) is 11.9. The molecule has 0 bridgehead atoms. The van der Waals surface area contributed by atoms with Crippen LogP contribution in [0.15, 0.2) is 30.3 Å². The van der Waals surface area contributed by atoms with Gasteiger partial charge in [-0.05, 0) is 24.8 Å². The van der Waals surface area contributed by atoms with E-state index in [0.29, 0.717) is 19.5 Å². The van der Waals surface area contributed by atoms with Crippen LogP contribution in [0.3, 0.4) is 0 Å². The molecule has 1 aromatic rings. The summed E-state index contributed by atoms with van der Waals surface area (Å²) in [7, 11) is 0. The number of hydrogen-bond acceptors (Lipinski definition) is 3. The lowest BCUT2D eigenvalue weighted by molar-refractivity contribution is -0.124. The molecule has 1 fully saturated rings. The monoisotopic (exact) mass is 311 g/mol. The van der Waals surface area contributed by atoms with Crippen molar-refractivity contribution in [2.75, 3.05) is 13.1 Å². The molecule has 0 saturated heterocycles. The quantitative estimate of drug-likeness (QED) is 0.645. The Labute approximate surface area is 131 Å². The highest BCUT2D eigenvalue weighted by molar-refractivity contribution is 5.85. The van der Waals surface area contributed by atoms with Crippen LogP contribution < -0.4 is 16.4 Å². The standard InChI is InChI=1S/C15H21N3O2.ClH/c16-13(10-11-4-2-1-3-5-11)15(20)18-9-8-17-14(19)12-6-7-12;/h1-5,12-13H,6-10,16H2,(H,17,19)(H,18,20);1H/t13-;/m0./s1. The summed E-state index contributed by atoms with van der Waals surface area (Å²) in [5.41, 5.74) is 6.89. The first kappa shape index (κ1) is 17.5. The van der Waals surface area contributed by atoms with Gasteiger partial charge in [0, 0.05) is 19.0 Å². The first-order valence-electron chi connectivity index (χ1n) is 7.02. The van der Waals surface area contributed by atoms with Gasteiger partial charge in [-0.3, -0.25) is 9.59 Å². The molecule has 2 rings (SSSR count). The molecule has 21 heavy (non-hydrogen) atoms. The second kappa shape index (κ2) is 8.64. The van der Waals surface area contributed by atoms with E-state index in [0.717, 1.165) is 18.4 Å². The van der Waals surface area contributed by atoms with Gasteiger partial charge in [0.2, 0.25) is 11.8 Å². The topological polar surface area (TPSA) is 84.2 Å². The number of carbonyl (C=O) groups excluding carboxylic acids is 2. The number of nitrogens with two attached hydrogens (primary N) is 1. The molecule has 2 amide bonds. The molecule has 0 spiro atoms. The second-order valence-electron chi connectivity index (χ2n) is 5.15. The van der Waals surface area contributed by atoms with Crippen molar-refractivity contribution >= 4 is 24.2 Å². The van der Waals surface area contributed by atoms with Crippen molar-refractivity contribution in [3.63, 3.8) is 0 Å². The van der Waals surface area contributed by atoms with Crippen molar-refractivity contribution in [3.05, 3.63) is 35.9 Å². The van der Waals surface area contributed by atoms with Crippen LogP contribution in [0.1, 0.15) is 18.4 Å². The predicted octanol–water partition coefficient (Wildman–Crippen LogP) is 0.621. The third kappa shape index (κ3) is 6.14. The fraction of sp³-hybridized carbons (Fsp3) is 0.467. The summed E-state index contributed by atoms with van der Waals surface area (Å²) in [4.78, 5) is 23.2. The zero-order valence-corrected chi connectivity index (χ0v) is 12.7. The number of rotatable bonds is 7. The van der Waals surface area contributed by atoms with Gasteiger partial charge in [0.15, 0.2) is 0 Å². The zero-order chi connectivity index (χ0) is 14.4. The Morgan fingerprint density at radius 2 is 1.76 bits per heavy atom. The summed E-state index contributed by atoms with van der Waals surface area (Å²) in [5.74, 6) is 0.105. The first-order valence-corrected chi connectivity index (χ1v) is 7.02. The molecule has 6 heteroatoms. The molecular weight excluding hydrogens is 290 g/mol. The summed E-state index contributed by atoms with van der Waals surface area (Å²) in [6.07, 6.45) is 2.49. The number of carbonyl (C=O) groups is 2. The minimum atomic E-state index is -0.559. The molecule has 4 N–H and O–H groups in total. The van der Waals surface area contributed by atoms with Gasteiger partial charge in [-0.25, -0.2) is 0 Å². The lowest BCUT2D eigenvalue weighted by atomic mass is 10.1. The van der Waals surface area contributed by atoms with Crippen LogP contribution in [0.5, 0.6) is 0 Å². The Bertz CT molecular complexity index is 463. The number of benzene rings is 1. The Morgan fingerprint density at radius 1 is 1.14 bits per heavy atom. The molecule has 0 radical (unpaired) electrons. The number of hydrogen-bond donors (Lipinski definition) is 3. The molecule has 1 atom stereocenters. The van der Waals surface area contributed by atoms with Crippen molar-refractivity contribution in [1.82, 2.24) is 10.6 Å². The molecule has 5 nitrogen and oxygen atoms in total. The number of nitrogens with one attached hydrogen (secondary N) is 2. The van der Waals surface area contributed by atoms with Gasteiger partial charge in [0.05, 0.1) is 6.04 Å². The van der Waals surface area contributed by atoms with Crippen molar-refractivity contribution in [2.24, 2.45) is 11.7 Å². The number of halogens is 1. The average molecular weight is 312 g/mol. The smallest absolute Gasteiger partial charge is 0.237 e. The third-order valence-corrected chi connectivity index (χ3v) is 3.31. The Morgan fingerprint density at radius 3 is 2.38 bits per heavy atom. The summed E-state index contributed by atoms with van der Waals surface area (Å²) in [5, 5.41) is 5.53. The maximum atomic E-state index is 11.8. The summed E-state index contributed by atoms with van der Waals surface area (Å²) >= 11 is 0. The minimum absolute atomic E-state index is 0. The van der Waals surface area contributed by atoms with Crippen molar-refractivity contribution in [1.29, 1.82) is 0 Å². The van der Waals surface area contributed by atoms with Gasteiger partial charge >= 0.3 is 0 Å². The van der Waals surface area contributed by atoms with Crippen LogP contribution in [0, 0.1) is 5.92 Å². The van der Waals surface area contributed by atoms with E-state index in [2.05, 4.69) is 10.6 Å². The summed E-state index contributed by atoms with van der Waals surface area (Å²) < 4.78 is 0. The van der Waals surface area contributed by atoms with Gasteiger partial charge in [0.25, 0.3) is 0 Å². The summed E-state index contributed by atoms with van der Waals surface area (Å²) in [6, 6.07) is 9.11. The fourth-order valence-corrected chi connectivity index (χ4v) is 1.95. The average Bonchev–Trinajstić information content (AvgIpc) is 3.28. The molecule has 1 aliphatic carbocycles. The highest BCUT2D eigenvalue weighted by Gasteiger charge is 2.29. The Hall–Kier alpha value is -1.59. The molecule has 1 aliphatic rings. The molecule has 0 heterocycles. The van der Waals surface area contributed by atoms with E-state index >= 15 is 0 Å². The third-order valence-electron chi connectivity index (χ3n) is 3.31. The van der Waals surface area contributed by atoms with Crippen LogP contribution in [0.2, 0.25) is 0 Å². The van der Waals surface area contributed by atoms with Gasteiger partial charge in [-0.2, -0.15) is 0 Å². The van der Waals surface area contributed by atoms with Crippen molar-refractivity contribution in [3.8, 4) is 0 Å². The van der Waals surface area contributed by atoms with Crippen LogP contribution in [-0.4, -0.2) is 30.9 Å². The van der Waals surface area contributed by atoms with Gasteiger partial charge < -0.3 is 16.4 Å². The van der Waals surface area contributed by atoms with E-state index in [-0.39, 0.29) is 30.1 Å². The Kier molecular flexibility index (Phi) is 7.19. The van der Waals surface area contributed by atoms with E-state index < -0.39 is 6.04 Å². The van der Waals surface area contributed by atoms with E-state index in [1.807, 2.05) is 30.3 Å². The minimum Gasteiger partial charge on any atom is -0.354 e. The maximum Gasteiger partial charge on any atom is 0.237 e. The Balaban J connectivity index is 0.00000220. The van der Waals surface area contributed by atoms with Gasteiger partial charge in [-0.1, -0.05) is 30.3 Å². The highest BCUT2D eigenvalue weighted by atomic mass is 35.5. The fourth-order valence-electron chi connectivity index (χ4n) is 1.95. The highest BCUT2D eigenvalue weighted by Crippen LogP contribution is 2.28. The molecule has 0 unspecified atom stereocenters. The van der Waals surface area contributed by atoms with Gasteiger partial charge in [-0.15, -0.1) is 12.4 Å². The largest absolute Gasteiger partial charge is 0.354 e. The predicted molar refractivity (Wildman–Crippen MR) is 84.1 cm³/mol. The van der Waals surface area contributed by atoms with Crippen molar-refractivity contribution < 1.29 is 9.59 Å². The van der Waals surface area contributed by atoms with E-state index in [9.17, 15) is 9.59 Å². The number of amides is 2. The van der Waals surface area contributed by atoms with E-state index in [4.69, 9.17) is 5.73 Å². The molecule has 0 aromatic heterocycles. The van der Waals surface area contributed by atoms with E-state index in [1.165, 1.54) is 0 Å². The first-order chi connectivity index (χ1) is 9.66. The summed E-state index contributed by atoms with van der Waals surface area (Å²) in [6.45, 7) is 0.874. The van der Waals surface area contributed by atoms with Crippen LogP contribution in [-0.2, 0) is 16.0 Å². The van der Waals surface area contributed by atoms with E-state index in [1.54, 1.807) is 0 Å². The molecule has 0 aliphatic heterocycles. The van der Waals surface area contributed by atoms with Crippen LogP contribution in [0.25, 0.3) is 0 Å². The molecule has 1 aromatic carbocycles. The van der Waals surface area contributed by atoms with Crippen LogP contribution in [0.4, 0.5) is 0 Å². The molecular formula is C15H22ClN3O2. The van der Waals surface area contributed by atoms with Crippen molar-refractivity contribution in [2.45, 2.75) is 25.3 Å². The second-order valence-corrected chi connectivity index (χ2v) is 5.15. The lowest BCUT2D eigenvalue weighted by Crippen LogP contribution is -2.44. The van der Waals surface area contributed by atoms with Crippen LogP contribution >= 0.6 is 12.4 Å².